The molecule has 0 aromatic carbocycles. The monoisotopic (exact) mass is 461 g/mol. The molecule has 2 amide bonds. The zero-order chi connectivity index (χ0) is 16.9. The van der Waals surface area contributed by atoms with E-state index in [2.05, 4.69) is 32.3 Å². The van der Waals surface area contributed by atoms with Crippen LogP contribution in [0.1, 0.15) is 25.7 Å². The molecule has 8 heteroatoms. The van der Waals surface area contributed by atoms with Gasteiger partial charge in [-0.1, -0.05) is 12.2 Å². The average molecular weight is 461 g/mol. The lowest BCUT2D eigenvalue weighted by molar-refractivity contribution is -0.147. The Labute approximate surface area is 166 Å². The van der Waals surface area contributed by atoms with Gasteiger partial charge in [0.2, 0.25) is 11.8 Å². The molecule has 2 saturated heterocycles. The molecule has 3 aliphatic rings. The van der Waals surface area contributed by atoms with Crippen LogP contribution in [0.2, 0.25) is 0 Å². The molecule has 0 aliphatic carbocycles. The molecule has 140 valence electrons. The van der Waals surface area contributed by atoms with Gasteiger partial charge in [-0.25, -0.2) is 0 Å². The average Bonchev–Trinajstić information content (AvgIpc) is 3.25. The topological polar surface area (TPSA) is 68.2 Å². The fraction of sp³-hybridized carbons (Fsp3) is 0.706. The van der Waals surface area contributed by atoms with E-state index in [0.717, 1.165) is 38.6 Å². The first-order valence-corrected chi connectivity index (χ1v) is 8.87. The second-order valence-electron chi connectivity index (χ2n) is 6.58. The molecule has 2 fully saturated rings. The Morgan fingerprint density at radius 1 is 1.24 bits per heavy atom. The SMILES string of the molecule is CN=C(NCCN1C(=O)CCCC1=O)N1CCC(N2CC=CC2)C1.I. The van der Waals surface area contributed by atoms with Gasteiger partial charge >= 0.3 is 0 Å². The van der Waals surface area contributed by atoms with Crippen molar-refractivity contribution in [1.29, 1.82) is 0 Å². The van der Waals surface area contributed by atoms with E-state index < -0.39 is 0 Å². The predicted octanol–water partition coefficient (Wildman–Crippen LogP) is 0.665. The number of carbonyl (C=O) groups is 2. The van der Waals surface area contributed by atoms with E-state index in [0.29, 0.717) is 38.4 Å². The summed E-state index contributed by atoms with van der Waals surface area (Å²) in [6, 6.07) is 0.573. The molecule has 0 aromatic heterocycles. The molecule has 7 nitrogen and oxygen atoms in total. The highest BCUT2D eigenvalue weighted by molar-refractivity contribution is 14.0. The van der Waals surface area contributed by atoms with Crippen LogP contribution in [-0.4, -0.2) is 84.8 Å². The van der Waals surface area contributed by atoms with Crippen molar-refractivity contribution in [3.63, 3.8) is 0 Å². The maximum absolute atomic E-state index is 11.8. The molecule has 0 spiro atoms. The van der Waals surface area contributed by atoms with E-state index in [-0.39, 0.29) is 35.8 Å². The van der Waals surface area contributed by atoms with Crippen LogP contribution in [0.15, 0.2) is 17.1 Å². The van der Waals surface area contributed by atoms with Gasteiger partial charge in [-0.3, -0.25) is 24.4 Å². The normalized spacial score (nSPS) is 24.8. The molecule has 1 N–H and O–H groups in total. The van der Waals surface area contributed by atoms with Crippen LogP contribution in [0.4, 0.5) is 0 Å². The van der Waals surface area contributed by atoms with Crippen molar-refractivity contribution >= 4 is 41.8 Å². The van der Waals surface area contributed by atoms with E-state index in [1.54, 1.807) is 7.05 Å². The third-order valence-electron chi connectivity index (χ3n) is 5.04. The van der Waals surface area contributed by atoms with Crippen molar-refractivity contribution in [3.05, 3.63) is 12.2 Å². The number of imide groups is 1. The highest BCUT2D eigenvalue weighted by Gasteiger charge is 2.30. The Hall–Kier alpha value is -1.16. The first-order valence-electron chi connectivity index (χ1n) is 8.87. The molecule has 0 saturated carbocycles. The van der Waals surface area contributed by atoms with Crippen molar-refractivity contribution in [2.75, 3.05) is 46.3 Å². The van der Waals surface area contributed by atoms with Crippen molar-refractivity contribution in [2.45, 2.75) is 31.7 Å². The summed E-state index contributed by atoms with van der Waals surface area (Å²) in [6.07, 6.45) is 7.25. The highest BCUT2D eigenvalue weighted by Crippen LogP contribution is 2.18. The van der Waals surface area contributed by atoms with Crippen LogP contribution in [0.25, 0.3) is 0 Å². The van der Waals surface area contributed by atoms with Crippen LogP contribution in [-0.2, 0) is 9.59 Å². The first-order chi connectivity index (χ1) is 11.7. The Balaban J connectivity index is 0.00000225. The van der Waals surface area contributed by atoms with Gasteiger partial charge in [0.25, 0.3) is 0 Å². The van der Waals surface area contributed by atoms with Crippen LogP contribution in [0.3, 0.4) is 0 Å². The number of halogens is 1. The summed E-state index contributed by atoms with van der Waals surface area (Å²) in [5.41, 5.74) is 0. The number of guanidine groups is 1. The second-order valence-corrected chi connectivity index (χ2v) is 6.58. The predicted molar refractivity (Wildman–Crippen MR) is 108 cm³/mol. The summed E-state index contributed by atoms with van der Waals surface area (Å²) >= 11 is 0. The number of nitrogens with one attached hydrogen (secondary N) is 1. The zero-order valence-corrected chi connectivity index (χ0v) is 17.1. The lowest BCUT2D eigenvalue weighted by Crippen LogP contribution is -2.47. The van der Waals surface area contributed by atoms with Crippen LogP contribution in [0.5, 0.6) is 0 Å². The number of nitrogens with zero attached hydrogens (tertiary/aromatic N) is 4. The maximum Gasteiger partial charge on any atom is 0.229 e. The minimum atomic E-state index is -0.0502. The quantitative estimate of drug-likeness (QED) is 0.219. The van der Waals surface area contributed by atoms with Gasteiger partial charge in [0.15, 0.2) is 5.96 Å². The van der Waals surface area contributed by atoms with Gasteiger partial charge in [0.05, 0.1) is 0 Å². The van der Waals surface area contributed by atoms with Crippen molar-refractivity contribution in [2.24, 2.45) is 4.99 Å². The number of amides is 2. The van der Waals surface area contributed by atoms with Gasteiger partial charge in [-0.15, -0.1) is 24.0 Å². The highest BCUT2D eigenvalue weighted by atomic mass is 127. The molecule has 0 bridgehead atoms. The third-order valence-corrected chi connectivity index (χ3v) is 5.04. The number of hydrogen-bond donors (Lipinski definition) is 1. The van der Waals surface area contributed by atoms with Gasteiger partial charge in [0, 0.05) is 65.2 Å². The number of aliphatic imine (C=N–C) groups is 1. The van der Waals surface area contributed by atoms with E-state index in [1.807, 2.05) is 0 Å². The number of piperidine rings is 1. The summed E-state index contributed by atoms with van der Waals surface area (Å²) in [7, 11) is 1.78. The number of carbonyl (C=O) groups excluding carboxylic acids is 2. The summed E-state index contributed by atoms with van der Waals surface area (Å²) in [5, 5.41) is 3.31. The fourth-order valence-corrected chi connectivity index (χ4v) is 3.69. The number of rotatable bonds is 4. The number of hydrogen-bond acceptors (Lipinski definition) is 4. The van der Waals surface area contributed by atoms with Gasteiger partial charge in [-0.2, -0.15) is 0 Å². The molecule has 3 aliphatic heterocycles. The standard InChI is InChI=1S/C17H27N5O2.HI/c1-18-17(19-8-12-22-15(23)5-4-6-16(22)24)21-11-7-14(13-21)20-9-2-3-10-20;/h2-3,14H,4-13H2,1H3,(H,18,19);1H. The minimum Gasteiger partial charge on any atom is -0.354 e. The minimum absolute atomic E-state index is 0. The lowest BCUT2D eigenvalue weighted by atomic mass is 10.1. The molecule has 1 atom stereocenters. The smallest absolute Gasteiger partial charge is 0.229 e. The number of likely N-dealkylation sites (tertiary alicyclic amines) is 2. The first kappa shape index (κ1) is 20.2. The third kappa shape index (κ3) is 4.93. The Morgan fingerprint density at radius 2 is 1.92 bits per heavy atom. The Morgan fingerprint density at radius 3 is 2.56 bits per heavy atom. The van der Waals surface area contributed by atoms with E-state index >= 15 is 0 Å². The van der Waals surface area contributed by atoms with E-state index in [4.69, 9.17) is 0 Å². The maximum atomic E-state index is 11.8. The van der Waals surface area contributed by atoms with Crippen LogP contribution >= 0.6 is 24.0 Å². The lowest BCUT2D eigenvalue weighted by Gasteiger charge is -2.27. The molecular formula is C17H28IN5O2. The van der Waals surface area contributed by atoms with Crippen LogP contribution < -0.4 is 5.32 Å². The second kappa shape index (κ2) is 9.51. The van der Waals surface area contributed by atoms with Crippen LogP contribution in [0, 0.1) is 0 Å². The molecule has 25 heavy (non-hydrogen) atoms. The zero-order valence-electron chi connectivity index (χ0n) is 14.8. The van der Waals surface area contributed by atoms with Gasteiger partial charge in [0.1, 0.15) is 0 Å². The van der Waals surface area contributed by atoms with Crippen molar-refractivity contribution < 1.29 is 9.59 Å². The van der Waals surface area contributed by atoms with Gasteiger partial charge < -0.3 is 10.2 Å². The van der Waals surface area contributed by atoms with E-state index in [9.17, 15) is 9.59 Å². The summed E-state index contributed by atoms with van der Waals surface area (Å²) in [6.45, 7) is 5.03. The fourth-order valence-electron chi connectivity index (χ4n) is 3.69. The van der Waals surface area contributed by atoms with E-state index in [1.165, 1.54) is 4.90 Å². The van der Waals surface area contributed by atoms with Gasteiger partial charge in [-0.05, 0) is 12.8 Å². The summed E-state index contributed by atoms with van der Waals surface area (Å²) < 4.78 is 0. The van der Waals surface area contributed by atoms with Crippen molar-refractivity contribution in [1.82, 2.24) is 20.0 Å². The summed E-state index contributed by atoms with van der Waals surface area (Å²) in [5.74, 6) is 0.762. The Bertz CT molecular complexity index is 527. The largest absolute Gasteiger partial charge is 0.354 e. The molecule has 0 radical (unpaired) electrons. The Kier molecular flexibility index (Phi) is 7.67. The van der Waals surface area contributed by atoms with Crippen molar-refractivity contribution in [3.8, 4) is 0 Å². The summed E-state index contributed by atoms with van der Waals surface area (Å²) in [4.78, 5) is 34.1. The molecule has 3 heterocycles. The molecule has 1 unspecified atom stereocenters. The molecule has 3 rings (SSSR count). The molecular weight excluding hydrogens is 433 g/mol. The molecule has 0 aromatic rings.